The van der Waals surface area contributed by atoms with Gasteiger partial charge in [0.15, 0.2) is 11.8 Å². The van der Waals surface area contributed by atoms with Gasteiger partial charge >= 0.3 is 0 Å². The molecule has 28 heavy (non-hydrogen) atoms. The number of rotatable bonds is 2. The Bertz CT molecular complexity index is 1330. The lowest BCUT2D eigenvalue weighted by atomic mass is 10.1. The van der Waals surface area contributed by atoms with E-state index in [9.17, 15) is 5.11 Å². The molecule has 3 heterocycles. The molecule has 0 aliphatic heterocycles. The molecular weight excluding hydrogens is 354 g/mol. The molecule has 0 aliphatic carbocycles. The first-order valence-electron chi connectivity index (χ1n) is 8.58. The smallest absolute Gasteiger partial charge is 0.198 e. The summed E-state index contributed by atoms with van der Waals surface area (Å²) in [6.07, 6.45) is 3.35. The molecule has 0 saturated heterocycles. The zero-order valence-corrected chi connectivity index (χ0v) is 14.6. The maximum absolute atomic E-state index is 11.0. The molecule has 0 bridgehead atoms. The number of nitrogens with two attached hydrogens (primary N) is 1. The summed E-state index contributed by atoms with van der Waals surface area (Å²) in [6.45, 7) is 0. The van der Waals surface area contributed by atoms with E-state index in [2.05, 4.69) is 19.9 Å². The number of fused-ring (bicyclic) bond motifs is 2. The molecule has 2 aromatic carbocycles. The fourth-order valence-electron chi connectivity index (χ4n) is 3.35. The lowest BCUT2D eigenvalue weighted by Crippen LogP contribution is -2.21. The Labute approximate surface area is 158 Å². The second-order valence-corrected chi connectivity index (χ2v) is 6.32. The SMILES string of the molecule is N=C(N)n1c(-c2cccc(-c3nc4ccncc4[nH]3)c2O)nc2ccccc21. The van der Waals surface area contributed by atoms with Crippen LogP contribution in [0.1, 0.15) is 0 Å². The summed E-state index contributed by atoms with van der Waals surface area (Å²) in [7, 11) is 0. The fraction of sp³-hybridized carbons (Fsp3) is 0. The third-order valence-electron chi connectivity index (χ3n) is 4.62. The van der Waals surface area contributed by atoms with Gasteiger partial charge in [0.1, 0.15) is 11.6 Å². The zero-order chi connectivity index (χ0) is 19.3. The second-order valence-electron chi connectivity index (χ2n) is 6.32. The number of aromatic nitrogens is 5. The van der Waals surface area contributed by atoms with Crippen molar-refractivity contribution in [3.05, 3.63) is 60.9 Å². The van der Waals surface area contributed by atoms with Crippen molar-refractivity contribution in [2.75, 3.05) is 0 Å². The highest BCUT2D eigenvalue weighted by molar-refractivity contribution is 5.96. The Morgan fingerprint density at radius 2 is 1.82 bits per heavy atom. The summed E-state index contributed by atoms with van der Waals surface area (Å²) in [5.41, 5.74) is 9.71. The van der Waals surface area contributed by atoms with E-state index < -0.39 is 0 Å². The van der Waals surface area contributed by atoms with Crippen LogP contribution in [0.3, 0.4) is 0 Å². The molecule has 0 unspecified atom stereocenters. The molecule has 136 valence electrons. The summed E-state index contributed by atoms with van der Waals surface area (Å²) in [5, 5.41) is 19.0. The van der Waals surface area contributed by atoms with Crippen molar-refractivity contribution >= 4 is 28.0 Å². The number of imidazole rings is 2. The summed E-state index contributed by atoms with van der Waals surface area (Å²) in [6, 6.07) is 14.5. The highest BCUT2D eigenvalue weighted by atomic mass is 16.3. The number of pyridine rings is 1. The van der Waals surface area contributed by atoms with Crippen LogP contribution >= 0.6 is 0 Å². The van der Waals surface area contributed by atoms with Gasteiger partial charge in [0, 0.05) is 6.20 Å². The molecule has 8 nitrogen and oxygen atoms in total. The van der Waals surface area contributed by atoms with Gasteiger partial charge in [0.25, 0.3) is 0 Å². The first kappa shape index (κ1) is 16.0. The van der Waals surface area contributed by atoms with Crippen molar-refractivity contribution < 1.29 is 5.11 Å². The van der Waals surface area contributed by atoms with Gasteiger partial charge in [0.05, 0.1) is 39.4 Å². The number of para-hydroxylation sites is 3. The molecule has 0 fully saturated rings. The fourth-order valence-corrected chi connectivity index (χ4v) is 3.35. The third kappa shape index (κ3) is 2.32. The number of nitrogens with zero attached hydrogens (tertiary/aromatic N) is 4. The van der Waals surface area contributed by atoms with Gasteiger partial charge < -0.3 is 15.8 Å². The van der Waals surface area contributed by atoms with Gasteiger partial charge in [-0.3, -0.25) is 15.0 Å². The maximum atomic E-state index is 11.0. The molecule has 5 rings (SSSR count). The molecule has 0 atom stereocenters. The average molecular weight is 369 g/mol. The molecule has 5 aromatic rings. The summed E-state index contributed by atoms with van der Waals surface area (Å²) < 4.78 is 1.51. The van der Waals surface area contributed by atoms with Gasteiger partial charge in [-0.25, -0.2) is 9.97 Å². The number of phenolic OH excluding ortho intramolecular Hbond substituents is 1. The predicted octanol–water partition coefficient (Wildman–Crippen LogP) is 3.09. The molecular formula is C20H15N7O. The van der Waals surface area contributed by atoms with Crippen LogP contribution in [-0.2, 0) is 0 Å². The second kappa shape index (κ2) is 5.92. The lowest BCUT2D eigenvalue weighted by Gasteiger charge is -2.10. The monoisotopic (exact) mass is 369 g/mol. The summed E-state index contributed by atoms with van der Waals surface area (Å²) in [4.78, 5) is 16.4. The normalized spacial score (nSPS) is 11.3. The topological polar surface area (TPSA) is 129 Å². The Morgan fingerprint density at radius 1 is 1.00 bits per heavy atom. The molecule has 0 aliphatic rings. The summed E-state index contributed by atoms with van der Waals surface area (Å²) in [5.74, 6) is 0.745. The molecule has 0 saturated carbocycles. The van der Waals surface area contributed by atoms with Crippen molar-refractivity contribution in [3.8, 4) is 28.5 Å². The van der Waals surface area contributed by atoms with Crippen molar-refractivity contribution in [3.63, 3.8) is 0 Å². The maximum Gasteiger partial charge on any atom is 0.198 e. The van der Waals surface area contributed by atoms with E-state index in [-0.39, 0.29) is 11.7 Å². The zero-order valence-electron chi connectivity index (χ0n) is 14.6. The molecule has 0 spiro atoms. The Kier molecular flexibility index (Phi) is 3.38. The van der Waals surface area contributed by atoms with Crippen LogP contribution < -0.4 is 5.73 Å². The van der Waals surface area contributed by atoms with E-state index in [0.717, 1.165) is 11.0 Å². The number of hydrogen-bond acceptors (Lipinski definition) is 5. The Hall–Kier alpha value is -4.20. The molecule has 8 heteroatoms. The quantitative estimate of drug-likeness (QED) is 0.281. The summed E-state index contributed by atoms with van der Waals surface area (Å²) >= 11 is 0. The van der Waals surface area contributed by atoms with E-state index in [1.807, 2.05) is 24.3 Å². The first-order valence-corrected chi connectivity index (χ1v) is 8.58. The molecule has 0 radical (unpaired) electrons. The van der Waals surface area contributed by atoms with Crippen molar-refractivity contribution in [1.29, 1.82) is 5.41 Å². The lowest BCUT2D eigenvalue weighted by molar-refractivity contribution is 0.478. The number of phenols is 1. The standard InChI is InChI=1S/C20H15N7O/c21-20(22)27-16-7-2-1-6-14(16)26-19(27)12-5-3-4-11(17(12)28)18-24-13-8-9-23-10-15(13)25-18/h1-10,28H,(H3,21,22)(H,24,25). The Morgan fingerprint density at radius 3 is 2.64 bits per heavy atom. The average Bonchev–Trinajstić information content (AvgIpc) is 3.29. The van der Waals surface area contributed by atoms with Gasteiger partial charge in [-0.2, -0.15) is 0 Å². The molecule has 0 amide bonds. The number of nitrogens with one attached hydrogen (secondary N) is 2. The van der Waals surface area contributed by atoms with Crippen LogP contribution in [0.15, 0.2) is 60.9 Å². The van der Waals surface area contributed by atoms with Crippen LogP contribution in [-0.4, -0.2) is 35.6 Å². The van der Waals surface area contributed by atoms with Crippen LogP contribution in [0, 0.1) is 5.41 Å². The van der Waals surface area contributed by atoms with Crippen LogP contribution in [0.5, 0.6) is 5.75 Å². The number of nitrogen functional groups attached to an aromatic ring is 1. The Balaban J connectivity index is 1.75. The molecule has 5 N–H and O–H groups in total. The first-order chi connectivity index (χ1) is 13.6. The van der Waals surface area contributed by atoms with E-state index in [1.165, 1.54) is 4.57 Å². The van der Waals surface area contributed by atoms with Gasteiger partial charge in [-0.05, 0) is 30.3 Å². The van der Waals surface area contributed by atoms with E-state index in [1.54, 1.807) is 36.7 Å². The van der Waals surface area contributed by atoms with Crippen molar-refractivity contribution in [2.24, 2.45) is 5.73 Å². The number of aromatic hydroxyl groups is 1. The number of hydrogen-bond donors (Lipinski definition) is 4. The van der Waals surface area contributed by atoms with Gasteiger partial charge in [-0.1, -0.05) is 18.2 Å². The largest absolute Gasteiger partial charge is 0.506 e. The van der Waals surface area contributed by atoms with E-state index >= 15 is 0 Å². The van der Waals surface area contributed by atoms with Crippen LogP contribution in [0.2, 0.25) is 0 Å². The van der Waals surface area contributed by atoms with E-state index in [0.29, 0.717) is 33.8 Å². The van der Waals surface area contributed by atoms with Crippen molar-refractivity contribution in [2.45, 2.75) is 0 Å². The van der Waals surface area contributed by atoms with Crippen LogP contribution in [0.25, 0.3) is 44.8 Å². The highest BCUT2D eigenvalue weighted by Gasteiger charge is 2.20. The van der Waals surface area contributed by atoms with Gasteiger partial charge in [-0.15, -0.1) is 0 Å². The molecule has 3 aromatic heterocycles. The van der Waals surface area contributed by atoms with E-state index in [4.69, 9.17) is 11.1 Å². The minimum absolute atomic E-state index is 0.00678. The minimum atomic E-state index is -0.177. The van der Waals surface area contributed by atoms with Crippen LogP contribution in [0.4, 0.5) is 0 Å². The predicted molar refractivity (Wildman–Crippen MR) is 107 cm³/mol. The minimum Gasteiger partial charge on any atom is -0.506 e. The number of benzene rings is 2. The number of aromatic amines is 1. The van der Waals surface area contributed by atoms with Crippen molar-refractivity contribution in [1.82, 2.24) is 24.5 Å². The van der Waals surface area contributed by atoms with Gasteiger partial charge in [0.2, 0.25) is 0 Å². The third-order valence-corrected chi connectivity index (χ3v) is 4.62. The number of H-pyrrole nitrogens is 1. The highest BCUT2D eigenvalue weighted by Crippen LogP contribution is 2.38.